The van der Waals surface area contributed by atoms with Gasteiger partial charge in [0, 0.05) is 19.3 Å². The molecule has 2 N–H and O–H groups in total. The van der Waals surface area contributed by atoms with E-state index in [1.165, 1.54) is 37.3 Å². The van der Waals surface area contributed by atoms with E-state index in [0.29, 0.717) is 11.4 Å². The van der Waals surface area contributed by atoms with Gasteiger partial charge in [0.05, 0.1) is 24.8 Å². The number of carbonyl (C=O) groups is 1. The van der Waals surface area contributed by atoms with Crippen molar-refractivity contribution in [1.82, 2.24) is 0 Å². The summed E-state index contributed by atoms with van der Waals surface area (Å²) in [4.78, 5) is 12.9. The van der Waals surface area contributed by atoms with E-state index in [0.717, 1.165) is 0 Å². The predicted molar refractivity (Wildman–Crippen MR) is 66.1 cm³/mol. The second-order valence-electron chi connectivity index (χ2n) is 4.05. The maximum Gasteiger partial charge on any atom is 0.390 e. The number of rotatable bonds is 4. The van der Waals surface area contributed by atoms with Gasteiger partial charge in [-0.2, -0.15) is 13.2 Å². The van der Waals surface area contributed by atoms with E-state index in [2.05, 4.69) is 4.74 Å². The Morgan fingerprint density at radius 2 is 2.05 bits per heavy atom. The van der Waals surface area contributed by atoms with Gasteiger partial charge >= 0.3 is 12.1 Å². The van der Waals surface area contributed by atoms with Crippen molar-refractivity contribution in [2.24, 2.45) is 0 Å². The van der Waals surface area contributed by atoms with Crippen molar-refractivity contribution >= 4 is 17.3 Å². The van der Waals surface area contributed by atoms with Crippen molar-refractivity contribution in [3.05, 3.63) is 23.8 Å². The summed E-state index contributed by atoms with van der Waals surface area (Å²) in [5.74, 6) is -0.638. The highest BCUT2D eigenvalue weighted by Gasteiger charge is 2.28. The van der Waals surface area contributed by atoms with Crippen LogP contribution in [0.2, 0.25) is 0 Å². The first-order chi connectivity index (χ1) is 8.74. The van der Waals surface area contributed by atoms with Crippen molar-refractivity contribution in [3.63, 3.8) is 0 Å². The summed E-state index contributed by atoms with van der Waals surface area (Å²) in [7, 11) is 2.68. The third kappa shape index (κ3) is 4.35. The van der Waals surface area contributed by atoms with Crippen molar-refractivity contribution in [2.75, 3.05) is 31.3 Å². The number of nitrogens with zero attached hydrogens (tertiary/aromatic N) is 1. The van der Waals surface area contributed by atoms with Gasteiger partial charge in [0.15, 0.2) is 0 Å². The van der Waals surface area contributed by atoms with Crippen molar-refractivity contribution in [2.45, 2.75) is 12.6 Å². The second-order valence-corrected chi connectivity index (χ2v) is 4.05. The van der Waals surface area contributed by atoms with Crippen LogP contribution in [0.15, 0.2) is 18.2 Å². The average Bonchev–Trinajstić information content (AvgIpc) is 2.34. The fourth-order valence-electron chi connectivity index (χ4n) is 1.57. The van der Waals surface area contributed by atoms with Gasteiger partial charge in [-0.1, -0.05) is 0 Å². The molecule has 7 heteroatoms. The molecular weight excluding hydrogens is 261 g/mol. The molecule has 1 aromatic carbocycles. The van der Waals surface area contributed by atoms with Crippen LogP contribution in [0.25, 0.3) is 0 Å². The monoisotopic (exact) mass is 276 g/mol. The van der Waals surface area contributed by atoms with E-state index in [1.807, 2.05) is 0 Å². The van der Waals surface area contributed by atoms with Crippen LogP contribution in [0.3, 0.4) is 0 Å². The molecule has 106 valence electrons. The summed E-state index contributed by atoms with van der Waals surface area (Å²) >= 11 is 0. The number of esters is 1. The Kier molecular flexibility index (Phi) is 4.63. The van der Waals surface area contributed by atoms with E-state index >= 15 is 0 Å². The molecule has 0 aliphatic rings. The molecule has 0 bridgehead atoms. The lowest BCUT2D eigenvalue weighted by atomic mass is 10.1. The molecule has 1 rings (SSSR count). The van der Waals surface area contributed by atoms with Crippen LogP contribution in [0.5, 0.6) is 0 Å². The Morgan fingerprint density at radius 1 is 1.42 bits per heavy atom. The smallest absolute Gasteiger partial charge is 0.390 e. The quantitative estimate of drug-likeness (QED) is 0.678. The number of halogens is 3. The van der Waals surface area contributed by atoms with Gasteiger partial charge in [-0.15, -0.1) is 0 Å². The highest BCUT2D eigenvalue weighted by molar-refractivity contribution is 5.96. The number of nitrogens with two attached hydrogens (primary N) is 1. The third-order valence-corrected chi connectivity index (χ3v) is 2.57. The fraction of sp³-hybridized carbons (Fsp3) is 0.417. The van der Waals surface area contributed by atoms with Crippen LogP contribution in [0.4, 0.5) is 24.5 Å². The lowest BCUT2D eigenvalue weighted by molar-refractivity contribution is -0.132. The van der Waals surface area contributed by atoms with E-state index in [9.17, 15) is 18.0 Å². The fourth-order valence-corrected chi connectivity index (χ4v) is 1.57. The molecule has 0 heterocycles. The molecule has 0 fully saturated rings. The lowest BCUT2D eigenvalue weighted by Crippen LogP contribution is -2.25. The van der Waals surface area contributed by atoms with E-state index < -0.39 is 18.6 Å². The van der Waals surface area contributed by atoms with E-state index in [1.54, 1.807) is 0 Å². The molecule has 4 nitrogen and oxygen atoms in total. The summed E-state index contributed by atoms with van der Waals surface area (Å²) in [6.45, 7) is -0.253. The van der Waals surface area contributed by atoms with Crippen molar-refractivity contribution < 1.29 is 22.7 Å². The highest BCUT2D eigenvalue weighted by atomic mass is 19.4. The number of alkyl halides is 3. The summed E-state index contributed by atoms with van der Waals surface area (Å²) in [6.07, 6.45) is -5.21. The van der Waals surface area contributed by atoms with Gasteiger partial charge in [0.2, 0.25) is 0 Å². The largest absolute Gasteiger partial charge is 0.465 e. The molecule has 0 atom stereocenters. The van der Waals surface area contributed by atoms with E-state index in [4.69, 9.17) is 5.73 Å². The van der Waals surface area contributed by atoms with Crippen LogP contribution >= 0.6 is 0 Å². The minimum Gasteiger partial charge on any atom is -0.465 e. The van der Waals surface area contributed by atoms with Crippen LogP contribution in [0, 0.1) is 0 Å². The van der Waals surface area contributed by atoms with E-state index in [-0.39, 0.29) is 12.1 Å². The van der Waals surface area contributed by atoms with Crippen molar-refractivity contribution in [1.29, 1.82) is 0 Å². The molecule has 0 radical (unpaired) electrons. The molecule has 0 aromatic heterocycles. The molecule has 0 aliphatic carbocycles. The minimum absolute atomic E-state index is 0.146. The summed E-state index contributed by atoms with van der Waals surface area (Å²) in [5.41, 5.74) is 6.40. The number of benzene rings is 1. The molecule has 0 aliphatic heterocycles. The summed E-state index contributed by atoms with van der Waals surface area (Å²) in [6, 6.07) is 4.40. The lowest BCUT2D eigenvalue weighted by Gasteiger charge is -2.22. The summed E-state index contributed by atoms with van der Waals surface area (Å²) in [5, 5.41) is 0. The number of anilines is 2. The standard InChI is InChI=1S/C12H15F3N2O2/c1-17(6-5-12(13,14)15)10-4-3-8(16)7-9(10)11(18)19-2/h3-4,7H,5-6,16H2,1-2H3. The Hall–Kier alpha value is -1.92. The van der Waals surface area contributed by atoms with Gasteiger partial charge in [0.25, 0.3) is 0 Å². The van der Waals surface area contributed by atoms with Gasteiger partial charge in [0.1, 0.15) is 0 Å². The zero-order chi connectivity index (χ0) is 14.6. The van der Waals surface area contributed by atoms with Gasteiger partial charge in [-0.25, -0.2) is 4.79 Å². The number of hydrogen-bond donors (Lipinski definition) is 1. The first-order valence-corrected chi connectivity index (χ1v) is 5.50. The predicted octanol–water partition coefficient (Wildman–Crippen LogP) is 2.44. The number of carbonyl (C=O) groups excluding carboxylic acids is 1. The Labute approximate surface area is 108 Å². The topological polar surface area (TPSA) is 55.6 Å². The van der Waals surface area contributed by atoms with Crippen molar-refractivity contribution in [3.8, 4) is 0 Å². The summed E-state index contributed by atoms with van der Waals surface area (Å²) < 4.78 is 41.1. The zero-order valence-electron chi connectivity index (χ0n) is 10.6. The number of ether oxygens (including phenoxy) is 1. The maximum atomic E-state index is 12.2. The maximum absolute atomic E-state index is 12.2. The first kappa shape index (κ1) is 15.1. The number of hydrogen-bond acceptors (Lipinski definition) is 4. The molecule has 0 saturated carbocycles. The SMILES string of the molecule is COC(=O)c1cc(N)ccc1N(C)CCC(F)(F)F. The molecule has 0 amide bonds. The Balaban J connectivity index is 2.96. The van der Waals surface area contributed by atoms with Gasteiger partial charge in [-0.05, 0) is 18.2 Å². The average molecular weight is 276 g/mol. The number of methoxy groups -OCH3 is 1. The van der Waals surface area contributed by atoms with Gasteiger partial charge in [-0.3, -0.25) is 0 Å². The molecule has 0 spiro atoms. The molecular formula is C12H15F3N2O2. The molecule has 0 unspecified atom stereocenters. The minimum atomic E-state index is -4.24. The van der Waals surface area contributed by atoms with Crippen LogP contribution in [-0.2, 0) is 4.74 Å². The number of nitrogen functional groups attached to an aromatic ring is 1. The Morgan fingerprint density at radius 3 is 2.58 bits per heavy atom. The van der Waals surface area contributed by atoms with Crippen LogP contribution < -0.4 is 10.6 Å². The second kappa shape index (κ2) is 5.81. The molecule has 1 aromatic rings. The normalized spacial score (nSPS) is 11.2. The van der Waals surface area contributed by atoms with Gasteiger partial charge < -0.3 is 15.4 Å². The molecule has 0 saturated heterocycles. The zero-order valence-corrected chi connectivity index (χ0v) is 10.6. The highest BCUT2D eigenvalue weighted by Crippen LogP contribution is 2.26. The molecule has 19 heavy (non-hydrogen) atoms. The first-order valence-electron chi connectivity index (χ1n) is 5.50. The third-order valence-electron chi connectivity index (χ3n) is 2.57. The van der Waals surface area contributed by atoms with Crippen LogP contribution in [-0.4, -0.2) is 32.8 Å². The van der Waals surface area contributed by atoms with Crippen LogP contribution in [0.1, 0.15) is 16.8 Å². The Bertz CT molecular complexity index is 461.